The molecule has 0 aromatic carbocycles. The second-order valence-corrected chi connectivity index (χ2v) is 2.21. The molecule has 0 saturated heterocycles. The van der Waals surface area contributed by atoms with Gasteiger partial charge in [0.15, 0.2) is 0 Å². The number of hydrogen-bond donors (Lipinski definition) is 6. The van der Waals surface area contributed by atoms with Crippen LogP contribution < -0.4 is 0 Å². The van der Waals surface area contributed by atoms with Gasteiger partial charge in [-0.2, -0.15) is 0 Å². The summed E-state index contributed by atoms with van der Waals surface area (Å²) in [6, 6.07) is 0. The van der Waals surface area contributed by atoms with Crippen LogP contribution in [0.4, 0.5) is 0 Å². The minimum atomic E-state index is -3.02. The topological polar surface area (TPSA) is 121 Å². The van der Waals surface area contributed by atoms with Crippen molar-refractivity contribution in [2.24, 2.45) is 0 Å². The average Bonchev–Trinajstić information content (AvgIpc) is 2.13. The second-order valence-electron chi connectivity index (χ2n) is 2.21. The summed E-state index contributed by atoms with van der Waals surface area (Å²) >= 11 is 0. The monoisotopic (exact) mass is 184 g/mol. The van der Waals surface area contributed by atoms with Gasteiger partial charge >= 0.3 is 0 Å². The van der Waals surface area contributed by atoms with Crippen molar-refractivity contribution >= 4 is 0 Å². The van der Waals surface area contributed by atoms with Crippen molar-refractivity contribution in [2.45, 2.75) is 24.4 Å². The van der Waals surface area contributed by atoms with E-state index in [-0.39, 0.29) is 0 Å². The van der Waals surface area contributed by atoms with E-state index in [4.69, 9.17) is 33.4 Å². The molecule has 0 aliphatic carbocycles. The Hall–Kier alpha value is -0.240. The van der Waals surface area contributed by atoms with Crippen LogP contribution in [0, 0.1) is 0 Å². The molecule has 0 bridgehead atoms. The Morgan fingerprint density at radius 3 is 1.92 bits per heavy atom. The molecule has 74 valence electrons. The van der Waals surface area contributed by atoms with Crippen molar-refractivity contribution in [1.82, 2.24) is 0 Å². The maximum atomic E-state index is 9.14. The Bertz CT molecular complexity index is 176. The molecular weight excluding hydrogens is 168 g/mol. The minimum absolute atomic E-state index is 0.927. The molecule has 0 amide bonds. The third-order valence-corrected chi connectivity index (χ3v) is 1.30. The highest BCUT2D eigenvalue weighted by atomic mass is 16.4. The first-order valence-electron chi connectivity index (χ1n) is 4.30. The van der Waals surface area contributed by atoms with Gasteiger partial charge in [0.25, 0.3) is 0 Å². The second kappa shape index (κ2) is 5.41. The van der Waals surface area contributed by atoms with Crippen LogP contribution in [0.2, 0.25) is 0 Å². The number of rotatable bonds is 5. The summed E-state index contributed by atoms with van der Waals surface area (Å²) in [4.78, 5) is 0. The van der Waals surface area contributed by atoms with Crippen LogP contribution in [0.3, 0.4) is 0 Å². The van der Waals surface area contributed by atoms with Gasteiger partial charge in [-0.05, 0) is 0 Å². The smallest absolute Gasteiger partial charge is 0.111 e. The van der Waals surface area contributed by atoms with Crippen LogP contribution in [0.15, 0.2) is 0 Å². The van der Waals surface area contributed by atoms with Crippen LogP contribution in [0.5, 0.6) is 0 Å². The van der Waals surface area contributed by atoms with Crippen molar-refractivity contribution in [3.05, 3.63) is 0 Å². The number of aliphatic hydroxyl groups excluding tert-OH is 5. The Morgan fingerprint density at radius 2 is 1.58 bits per heavy atom. The van der Waals surface area contributed by atoms with E-state index in [9.17, 15) is 0 Å². The van der Waals surface area contributed by atoms with E-state index in [0.29, 0.717) is 0 Å². The van der Waals surface area contributed by atoms with Gasteiger partial charge in [0.2, 0.25) is 0 Å². The molecule has 0 heterocycles. The van der Waals surface area contributed by atoms with Crippen molar-refractivity contribution in [1.29, 1.82) is 0 Å². The molecule has 6 nitrogen and oxygen atoms in total. The fourth-order valence-electron chi connectivity index (χ4n) is 0.548. The van der Waals surface area contributed by atoms with Crippen LogP contribution in [-0.2, 0) is 0 Å². The van der Waals surface area contributed by atoms with Gasteiger partial charge in [-0.1, -0.05) is 0 Å². The summed E-state index contributed by atoms with van der Waals surface area (Å²) in [5.41, 5.74) is 0. The highest BCUT2D eigenvalue weighted by Gasteiger charge is 2.29. The zero-order valence-electron chi connectivity index (χ0n) is 8.20. The Balaban J connectivity index is 4.59. The number of hydrogen-bond acceptors (Lipinski definition) is 6. The maximum absolute atomic E-state index is 9.14. The normalized spacial score (nSPS) is 29.2. The predicted octanol–water partition coefficient (Wildman–Crippen LogP) is -3.59. The third-order valence-electron chi connectivity index (χ3n) is 1.30. The van der Waals surface area contributed by atoms with Crippen molar-refractivity contribution in [2.75, 3.05) is 13.2 Å². The van der Waals surface area contributed by atoms with Gasteiger partial charge in [-0.15, -0.1) is 0 Å². The minimum Gasteiger partial charge on any atom is -0.394 e. The molecule has 0 spiro atoms. The Labute approximate surface area is 72.1 Å². The number of aliphatic hydroxyl groups is 6. The fraction of sp³-hybridized carbons (Fsp3) is 1.00. The highest BCUT2D eigenvalue weighted by Crippen LogP contribution is 2.03. The first kappa shape index (κ1) is 8.36. The molecule has 0 aromatic heterocycles. The molecular formula is C6H14O6. The zero-order valence-corrected chi connectivity index (χ0v) is 6.20. The van der Waals surface area contributed by atoms with Crippen LogP contribution in [-0.4, -0.2) is 68.2 Å². The molecule has 0 saturated carbocycles. The summed E-state index contributed by atoms with van der Waals surface area (Å²) in [5, 5.41) is 52.9. The molecule has 5 atom stereocenters. The Morgan fingerprint density at radius 1 is 1.08 bits per heavy atom. The lowest BCUT2D eigenvalue weighted by Crippen LogP contribution is -2.46. The van der Waals surface area contributed by atoms with Gasteiger partial charge < -0.3 is 30.6 Å². The summed E-state index contributed by atoms with van der Waals surface area (Å²) < 4.78 is 13.6. The molecule has 0 aromatic rings. The van der Waals surface area contributed by atoms with E-state index >= 15 is 0 Å². The SMILES string of the molecule is [2H]C(O)[C@H](O)[C@@]([2H])(O)[C@H](O)[C@H](O)CO. The van der Waals surface area contributed by atoms with E-state index < -0.39 is 37.6 Å². The molecule has 0 fully saturated rings. The largest absolute Gasteiger partial charge is 0.394 e. The molecule has 12 heavy (non-hydrogen) atoms. The van der Waals surface area contributed by atoms with Crippen LogP contribution in [0.25, 0.3) is 0 Å². The van der Waals surface area contributed by atoms with Crippen LogP contribution >= 0.6 is 0 Å². The highest BCUT2D eigenvalue weighted by molar-refractivity contribution is 4.79. The quantitative estimate of drug-likeness (QED) is 0.263. The fourth-order valence-corrected chi connectivity index (χ4v) is 0.548. The van der Waals surface area contributed by atoms with Gasteiger partial charge in [-0.3, -0.25) is 0 Å². The van der Waals surface area contributed by atoms with E-state index in [1.54, 1.807) is 0 Å². The van der Waals surface area contributed by atoms with Gasteiger partial charge in [0.1, 0.15) is 24.4 Å². The van der Waals surface area contributed by atoms with E-state index in [2.05, 4.69) is 0 Å². The van der Waals surface area contributed by atoms with E-state index in [1.165, 1.54) is 0 Å². The first-order valence-corrected chi connectivity index (χ1v) is 3.22. The third kappa shape index (κ3) is 3.02. The molecule has 6 heteroatoms. The van der Waals surface area contributed by atoms with Gasteiger partial charge in [0, 0.05) is 0 Å². The van der Waals surface area contributed by atoms with E-state index in [1.807, 2.05) is 0 Å². The molecule has 0 aliphatic rings. The predicted molar refractivity (Wildman–Crippen MR) is 38.2 cm³/mol. The lowest BCUT2D eigenvalue weighted by atomic mass is 10.0. The molecule has 6 N–H and O–H groups in total. The summed E-state index contributed by atoms with van der Waals surface area (Å²) in [6.07, 6.45) is -9.34. The Kier molecular flexibility index (Phi) is 3.77. The zero-order chi connectivity index (χ0) is 11.5. The molecule has 0 aliphatic heterocycles. The van der Waals surface area contributed by atoms with Crippen molar-refractivity contribution < 1.29 is 33.4 Å². The average molecular weight is 184 g/mol. The molecule has 0 rings (SSSR count). The maximum Gasteiger partial charge on any atom is 0.111 e. The lowest BCUT2D eigenvalue weighted by Gasteiger charge is -2.24. The molecule has 0 radical (unpaired) electrons. The standard InChI is InChI=1S/C6H14O6/c7-1-3(9)5(11)6(12)4(10)2-8/h3-12H,1-2H2/t3-,4+,5-,6-/m1/s1/i1D,5D/t1?,3-,4+,5+,6+/m0. The molecule has 1 unspecified atom stereocenters. The lowest BCUT2D eigenvalue weighted by molar-refractivity contribution is -0.123. The van der Waals surface area contributed by atoms with Gasteiger partial charge in [-0.25, -0.2) is 0 Å². The summed E-state index contributed by atoms with van der Waals surface area (Å²) in [5.74, 6) is 0. The van der Waals surface area contributed by atoms with Gasteiger partial charge in [0.05, 0.1) is 15.9 Å². The summed E-state index contributed by atoms with van der Waals surface area (Å²) in [6.45, 7) is -3.12. The van der Waals surface area contributed by atoms with Crippen molar-refractivity contribution in [3.63, 3.8) is 0 Å². The van der Waals surface area contributed by atoms with Crippen LogP contribution in [0.1, 0.15) is 2.74 Å². The first-order chi connectivity index (χ1) is 6.25. The van der Waals surface area contributed by atoms with E-state index in [0.717, 1.165) is 0 Å². The summed E-state index contributed by atoms with van der Waals surface area (Å²) in [7, 11) is 0. The van der Waals surface area contributed by atoms with Crippen molar-refractivity contribution in [3.8, 4) is 0 Å².